The molecule has 0 fully saturated rings. The van der Waals surface area contributed by atoms with Crippen LogP contribution in [0, 0.1) is 0 Å². The Kier molecular flexibility index (Phi) is 2.99. The molecular formula is C9H10BrNO4. The third kappa shape index (κ3) is 1.88. The molecule has 1 aromatic carbocycles. The molecule has 82 valence electrons. The van der Waals surface area contributed by atoms with E-state index in [4.69, 9.17) is 14.3 Å². The molecule has 0 bridgehead atoms. The average Bonchev–Trinajstić information content (AvgIpc) is 2.69. The Labute approximate surface area is 95.0 Å². The van der Waals surface area contributed by atoms with Crippen molar-refractivity contribution in [1.29, 1.82) is 0 Å². The van der Waals surface area contributed by atoms with Gasteiger partial charge in [-0.05, 0) is 22.0 Å². The van der Waals surface area contributed by atoms with Crippen molar-refractivity contribution in [3.05, 3.63) is 16.1 Å². The first-order chi connectivity index (χ1) is 7.24. The first-order valence-corrected chi connectivity index (χ1v) is 5.09. The number of ether oxygens (including phenoxy) is 2. The van der Waals surface area contributed by atoms with Gasteiger partial charge in [0.25, 0.3) is 0 Å². The molecule has 0 atom stereocenters. The molecule has 6 heteroatoms. The van der Waals surface area contributed by atoms with E-state index in [1.54, 1.807) is 6.07 Å². The topological polar surface area (TPSA) is 60.0 Å². The maximum absolute atomic E-state index is 9.81. The molecule has 5 nitrogen and oxygen atoms in total. The number of phenols is 1. The lowest BCUT2D eigenvalue weighted by Gasteiger charge is -2.08. The molecule has 2 rings (SSSR count). The highest BCUT2D eigenvalue weighted by Gasteiger charge is 2.22. The fourth-order valence-corrected chi connectivity index (χ4v) is 1.89. The molecule has 2 N–H and O–H groups in total. The highest BCUT2D eigenvalue weighted by atomic mass is 79.9. The minimum atomic E-state index is 0.129. The number of aromatic hydroxyl groups is 1. The van der Waals surface area contributed by atoms with Gasteiger partial charge in [-0.1, -0.05) is 0 Å². The zero-order valence-corrected chi connectivity index (χ0v) is 9.63. The number of hydroxylamine groups is 1. The lowest BCUT2D eigenvalue weighted by Crippen LogP contribution is -2.10. The highest BCUT2D eigenvalue weighted by Crippen LogP contribution is 2.46. The maximum Gasteiger partial charge on any atom is 0.231 e. The van der Waals surface area contributed by atoms with Crippen LogP contribution in [0.1, 0.15) is 5.56 Å². The first kappa shape index (κ1) is 10.5. The smallest absolute Gasteiger partial charge is 0.231 e. The van der Waals surface area contributed by atoms with Crippen LogP contribution in [0.3, 0.4) is 0 Å². The van der Waals surface area contributed by atoms with Crippen molar-refractivity contribution in [1.82, 2.24) is 5.48 Å². The van der Waals surface area contributed by atoms with Crippen LogP contribution in [0.5, 0.6) is 17.2 Å². The van der Waals surface area contributed by atoms with Crippen molar-refractivity contribution in [3.8, 4) is 17.2 Å². The van der Waals surface area contributed by atoms with E-state index in [2.05, 4.69) is 21.4 Å². The summed E-state index contributed by atoms with van der Waals surface area (Å²) in [4.78, 5) is 4.71. The minimum Gasteiger partial charge on any atom is -0.506 e. The Morgan fingerprint density at radius 2 is 2.40 bits per heavy atom. The van der Waals surface area contributed by atoms with Crippen molar-refractivity contribution in [2.45, 2.75) is 6.54 Å². The molecule has 0 aromatic heterocycles. The summed E-state index contributed by atoms with van der Waals surface area (Å²) in [5.41, 5.74) is 3.32. The summed E-state index contributed by atoms with van der Waals surface area (Å²) in [6.07, 6.45) is 0. The van der Waals surface area contributed by atoms with Gasteiger partial charge in [-0.25, -0.2) is 0 Å². The Balaban J connectivity index is 2.36. The van der Waals surface area contributed by atoms with Crippen molar-refractivity contribution < 1.29 is 19.4 Å². The number of hydrogen-bond donors (Lipinski definition) is 2. The molecule has 1 aliphatic rings. The van der Waals surface area contributed by atoms with E-state index in [9.17, 15) is 5.11 Å². The molecule has 1 heterocycles. The third-order valence-electron chi connectivity index (χ3n) is 2.07. The predicted octanol–water partition coefficient (Wildman–Crippen LogP) is 1.53. The lowest BCUT2D eigenvalue weighted by atomic mass is 10.2. The summed E-state index contributed by atoms with van der Waals surface area (Å²) in [6.45, 7) is 0.562. The second-order valence-electron chi connectivity index (χ2n) is 2.96. The van der Waals surface area contributed by atoms with Gasteiger partial charge >= 0.3 is 0 Å². The number of rotatable bonds is 3. The fourth-order valence-electron chi connectivity index (χ4n) is 1.33. The fraction of sp³-hybridized carbons (Fsp3) is 0.333. The van der Waals surface area contributed by atoms with E-state index in [-0.39, 0.29) is 12.5 Å². The molecule has 0 amide bonds. The largest absolute Gasteiger partial charge is 0.506 e. The number of fused-ring (bicyclic) bond motifs is 1. The summed E-state index contributed by atoms with van der Waals surface area (Å²) in [6, 6.07) is 1.72. The van der Waals surface area contributed by atoms with Crippen LogP contribution in [-0.4, -0.2) is 19.0 Å². The SMILES string of the molecule is CONCc1cc2c(c(Br)c1O)OCO2. The van der Waals surface area contributed by atoms with Crippen LogP contribution in [-0.2, 0) is 11.4 Å². The van der Waals surface area contributed by atoms with Crippen LogP contribution in [0.15, 0.2) is 10.5 Å². The summed E-state index contributed by atoms with van der Waals surface area (Å²) in [7, 11) is 1.51. The molecule has 0 saturated carbocycles. The first-order valence-electron chi connectivity index (χ1n) is 4.30. The van der Waals surface area contributed by atoms with Crippen molar-refractivity contribution in [2.24, 2.45) is 0 Å². The standard InChI is InChI=1S/C9H10BrNO4/c1-13-11-3-5-2-6-9(15-4-14-6)7(10)8(5)12/h2,11-12H,3-4H2,1H3. The zero-order valence-electron chi connectivity index (χ0n) is 8.04. The van der Waals surface area contributed by atoms with Gasteiger partial charge in [0.2, 0.25) is 6.79 Å². The Bertz CT molecular complexity index is 383. The van der Waals surface area contributed by atoms with E-state index < -0.39 is 0 Å². The Morgan fingerprint density at radius 1 is 1.60 bits per heavy atom. The van der Waals surface area contributed by atoms with Gasteiger partial charge in [0, 0.05) is 12.1 Å². The molecule has 0 radical (unpaired) electrons. The van der Waals surface area contributed by atoms with Gasteiger partial charge in [-0.3, -0.25) is 0 Å². The van der Waals surface area contributed by atoms with Crippen LogP contribution < -0.4 is 15.0 Å². The molecule has 1 aliphatic heterocycles. The van der Waals surface area contributed by atoms with E-state index >= 15 is 0 Å². The monoisotopic (exact) mass is 275 g/mol. The van der Waals surface area contributed by atoms with E-state index in [1.807, 2.05) is 0 Å². The van der Waals surface area contributed by atoms with Crippen molar-refractivity contribution >= 4 is 15.9 Å². The number of phenolic OH excluding ortho intramolecular Hbond substituents is 1. The second-order valence-corrected chi connectivity index (χ2v) is 3.75. The normalized spacial score (nSPS) is 13.2. The van der Waals surface area contributed by atoms with Gasteiger partial charge in [0.15, 0.2) is 11.5 Å². The van der Waals surface area contributed by atoms with E-state index in [0.29, 0.717) is 28.1 Å². The maximum atomic E-state index is 9.81. The summed E-state index contributed by atoms with van der Waals surface area (Å²) in [5.74, 6) is 1.28. The summed E-state index contributed by atoms with van der Waals surface area (Å²) in [5, 5.41) is 9.81. The van der Waals surface area contributed by atoms with Crippen molar-refractivity contribution in [2.75, 3.05) is 13.9 Å². The Hall–Kier alpha value is -0.980. The number of halogens is 1. The van der Waals surface area contributed by atoms with Crippen LogP contribution in [0.2, 0.25) is 0 Å². The molecule has 15 heavy (non-hydrogen) atoms. The molecule has 0 aliphatic carbocycles. The molecule has 0 spiro atoms. The third-order valence-corrected chi connectivity index (χ3v) is 2.80. The zero-order chi connectivity index (χ0) is 10.8. The molecule has 1 aromatic rings. The van der Waals surface area contributed by atoms with Crippen molar-refractivity contribution in [3.63, 3.8) is 0 Å². The van der Waals surface area contributed by atoms with E-state index in [1.165, 1.54) is 7.11 Å². The van der Waals surface area contributed by atoms with Gasteiger partial charge in [-0.2, -0.15) is 5.48 Å². The predicted molar refractivity (Wildman–Crippen MR) is 55.8 cm³/mol. The molecule has 0 saturated heterocycles. The Morgan fingerprint density at radius 3 is 3.13 bits per heavy atom. The van der Waals surface area contributed by atoms with Gasteiger partial charge in [0.1, 0.15) is 10.2 Å². The number of hydrogen-bond acceptors (Lipinski definition) is 5. The minimum absolute atomic E-state index is 0.129. The van der Waals surface area contributed by atoms with Gasteiger partial charge in [-0.15, -0.1) is 0 Å². The molecule has 0 unspecified atom stereocenters. The van der Waals surface area contributed by atoms with Crippen LogP contribution in [0.4, 0.5) is 0 Å². The second kappa shape index (κ2) is 4.26. The van der Waals surface area contributed by atoms with Crippen LogP contribution in [0.25, 0.3) is 0 Å². The van der Waals surface area contributed by atoms with Gasteiger partial charge < -0.3 is 19.4 Å². The quantitative estimate of drug-likeness (QED) is 0.820. The number of benzene rings is 1. The molecular weight excluding hydrogens is 266 g/mol. The highest BCUT2D eigenvalue weighted by molar-refractivity contribution is 9.10. The average molecular weight is 276 g/mol. The summed E-state index contributed by atoms with van der Waals surface area (Å²) >= 11 is 3.25. The van der Waals surface area contributed by atoms with Crippen LogP contribution >= 0.6 is 15.9 Å². The van der Waals surface area contributed by atoms with E-state index in [0.717, 1.165) is 0 Å². The van der Waals surface area contributed by atoms with Gasteiger partial charge in [0.05, 0.1) is 7.11 Å². The number of nitrogens with one attached hydrogen (secondary N) is 1. The summed E-state index contributed by atoms with van der Waals surface area (Å²) < 4.78 is 10.9. The lowest BCUT2D eigenvalue weighted by molar-refractivity contribution is 0.0861.